The molecule has 0 saturated carbocycles. The van der Waals surface area contributed by atoms with Gasteiger partial charge in [0.15, 0.2) is 6.29 Å². The molecule has 8 N–H and O–H groups in total. The zero-order valence-corrected chi connectivity index (χ0v) is 60.8. The lowest BCUT2D eigenvalue weighted by Gasteiger charge is -2.40. The lowest BCUT2D eigenvalue weighted by molar-refractivity contribution is -0.303. The number of hydrogen-bond donors (Lipinski definition) is 8. The van der Waals surface area contributed by atoms with Crippen molar-refractivity contribution in [2.45, 2.75) is 473 Å². The van der Waals surface area contributed by atoms with E-state index >= 15 is 0 Å². The summed E-state index contributed by atoms with van der Waals surface area (Å²) < 4.78 is 11.2. The fourth-order valence-corrected chi connectivity index (χ4v) is 13.5. The third kappa shape index (κ3) is 55.6. The van der Waals surface area contributed by atoms with Crippen molar-refractivity contribution >= 4 is 5.91 Å². The van der Waals surface area contributed by atoms with Gasteiger partial charge in [0.05, 0.1) is 25.4 Å². The maximum absolute atomic E-state index is 13.3. The Kier molecular flexibility index (Phi) is 66.9. The summed E-state index contributed by atoms with van der Waals surface area (Å²) in [5, 5.41) is 76.8. The predicted octanol–water partition coefficient (Wildman–Crippen LogP) is 21.1. The van der Waals surface area contributed by atoms with Crippen molar-refractivity contribution in [1.29, 1.82) is 0 Å². The minimum Gasteiger partial charge on any atom is -0.394 e. The van der Waals surface area contributed by atoms with Gasteiger partial charge in [-0.15, -0.1) is 0 Å². The average Bonchev–Trinajstić information content (AvgIpc) is 0.946. The van der Waals surface area contributed by atoms with Crippen molar-refractivity contribution in [2.75, 3.05) is 13.2 Å². The molecule has 1 amide bonds. The van der Waals surface area contributed by atoms with Gasteiger partial charge in [0, 0.05) is 0 Å². The standard InChI is InChI=1S/C81H157NO10/c1-3-5-7-9-11-13-15-17-19-21-23-25-27-29-31-33-34-35-36-37-38-39-41-43-45-47-49-51-53-55-57-59-61-63-65-67-69-74(85)80(90)82-72(71-91-81-79(89)78(88)77(87)75(70-83)92-81)76(86)73(84)68-66-64-62-60-58-56-54-52-50-48-46-44-42-40-32-30-28-26-24-22-20-18-16-14-12-10-8-6-4-2/h31,33,35-36,72-79,81,83-89H,3-30,32,34,37-71H2,1-2H3,(H,82,90)/b33-31-,36-35-. The van der Waals surface area contributed by atoms with Crippen LogP contribution in [-0.4, -0.2) is 110 Å². The second-order valence-corrected chi connectivity index (χ2v) is 28.9. The first-order valence-corrected chi connectivity index (χ1v) is 40.7. The number of nitrogens with one attached hydrogen (secondary N) is 1. The van der Waals surface area contributed by atoms with E-state index in [1.807, 2.05) is 0 Å². The molecule has 1 aliphatic heterocycles. The first-order chi connectivity index (χ1) is 45.2. The number of carbonyl (C=O) groups excluding carboxylic acids is 1. The van der Waals surface area contributed by atoms with Crippen LogP contribution in [0.4, 0.5) is 0 Å². The summed E-state index contributed by atoms with van der Waals surface area (Å²) >= 11 is 0. The monoisotopic (exact) mass is 1300 g/mol. The van der Waals surface area contributed by atoms with Crippen molar-refractivity contribution in [3.05, 3.63) is 24.3 Å². The SMILES string of the molecule is CCCCCCCCCCCCCCC/C=C\C/C=C\CCCCCCCCCCCCCCCCCCC(O)C(=O)NC(COC1OC(CO)C(O)C(O)C1O)C(O)C(O)CCCCCCCCCCCCCCCCCCCCCCCCCCCCCCC. The van der Waals surface area contributed by atoms with Crippen molar-refractivity contribution in [2.24, 2.45) is 0 Å². The van der Waals surface area contributed by atoms with Crippen LogP contribution >= 0.6 is 0 Å². The van der Waals surface area contributed by atoms with Crippen LogP contribution in [0.2, 0.25) is 0 Å². The molecule has 11 nitrogen and oxygen atoms in total. The fraction of sp³-hybridized carbons (Fsp3) is 0.938. The van der Waals surface area contributed by atoms with Crippen molar-refractivity contribution in [3.63, 3.8) is 0 Å². The summed E-state index contributed by atoms with van der Waals surface area (Å²) in [6.07, 6.45) is 78.7. The molecule has 1 saturated heterocycles. The zero-order valence-electron chi connectivity index (χ0n) is 60.8. The Morgan fingerprint density at radius 3 is 0.967 bits per heavy atom. The van der Waals surface area contributed by atoms with Crippen LogP contribution in [0.25, 0.3) is 0 Å². The lowest BCUT2D eigenvalue weighted by Crippen LogP contribution is -2.60. The molecule has 1 fully saturated rings. The Bertz CT molecular complexity index is 1550. The maximum Gasteiger partial charge on any atom is 0.249 e. The summed E-state index contributed by atoms with van der Waals surface area (Å²) in [7, 11) is 0. The van der Waals surface area contributed by atoms with Crippen LogP contribution in [0.5, 0.6) is 0 Å². The van der Waals surface area contributed by atoms with Crippen LogP contribution in [-0.2, 0) is 14.3 Å². The van der Waals surface area contributed by atoms with Gasteiger partial charge in [-0.3, -0.25) is 4.79 Å². The Labute approximate surface area is 569 Å². The summed E-state index contributed by atoms with van der Waals surface area (Å²) in [6, 6.07) is -1.17. The number of allylic oxidation sites excluding steroid dienone is 4. The van der Waals surface area contributed by atoms with Crippen LogP contribution in [0.3, 0.4) is 0 Å². The predicted molar refractivity (Wildman–Crippen MR) is 390 cm³/mol. The number of aliphatic hydroxyl groups excluding tert-OH is 7. The molecule has 11 heteroatoms. The molecule has 1 aliphatic rings. The van der Waals surface area contributed by atoms with Crippen LogP contribution in [0, 0.1) is 0 Å². The quantitative estimate of drug-likeness (QED) is 0.0215. The Morgan fingerprint density at radius 2 is 0.663 bits per heavy atom. The molecule has 92 heavy (non-hydrogen) atoms. The van der Waals surface area contributed by atoms with E-state index in [1.54, 1.807) is 0 Å². The number of amides is 1. The van der Waals surface area contributed by atoms with Gasteiger partial charge >= 0.3 is 0 Å². The Balaban J connectivity index is 2.12. The molecule has 0 aromatic heterocycles. The van der Waals surface area contributed by atoms with E-state index in [1.165, 1.54) is 334 Å². The zero-order chi connectivity index (χ0) is 66.7. The number of carbonyl (C=O) groups is 1. The van der Waals surface area contributed by atoms with E-state index in [2.05, 4.69) is 43.5 Å². The maximum atomic E-state index is 13.3. The summed E-state index contributed by atoms with van der Waals surface area (Å²) in [5.74, 6) is -0.688. The van der Waals surface area contributed by atoms with Gasteiger partial charge in [0.1, 0.15) is 36.6 Å². The van der Waals surface area contributed by atoms with E-state index < -0.39 is 74.2 Å². The third-order valence-corrected chi connectivity index (χ3v) is 20.0. The largest absolute Gasteiger partial charge is 0.394 e. The molecule has 0 spiro atoms. The number of rotatable bonds is 73. The molecular weight excluding hydrogens is 1150 g/mol. The number of aliphatic hydroxyl groups is 7. The Morgan fingerprint density at radius 1 is 0.380 bits per heavy atom. The van der Waals surface area contributed by atoms with Crippen LogP contribution < -0.4 is 5.32 Å². The molecule has 0 bridgehead atoms. The van der Waals surface area contributed by atoms with Crippen molar-refractivity contribution in [3.8, 4) is 0 Å². The van der Waals surface area contributed by atoms with Gasteiger partial charge < -0.3 is 50.5 Å². The van der Waals surface area contributed by atoms with E-state index in [0.29, 0.717) is 19.3 Å². The first kappa shape index (κ1) is 88.6. The van der Waals surface area contributed by atoms with Gasteiger partial charge in [-0.25, -0.2) is 0 Å². The highest BCUT2D eigenvalue weighted by atomic mass is 16.7. The molecule has 0 aromatic rings. The minimum absolute atomic E-state index is 0.263. The normalized spacial score (nSPS) is 18.4. The van der Waals surface area contributed by atoms with Crippen LogP contribution in [0.1, 0.15) is 418 Å². The summed E-state index contributed by atoms with van der Waals surface area (Å²) in [4.78, 5) is 13.3. The van der Waals surface area contributed by atoms with E-state index in [4.69, 9.17) is 9.47 Å². The molecule has 1 heterocycles. The molecule has 0 aromatic carbocycles. The summed E-state index contributed by atoms with van der Waals surface area (Å²) in [5.41, 5.74) is 0. The second-order valence-electron chi connectivity index (χ2n) is 28.9. The van der Waals surface area contributed by atoms with Gasteiger partial charge in [-0.1, -0.05) is 398 Å². The van der Waals surface area contributed by atoms with Crippen LogP contribution in [0.15, 0.2) is 24.3 Å². The van der Waals surface area contributed by atoms with Gasteiger partial charge in [0.2, 0.25) is 5.91 Å². The first-order valence-electron chi connectivity index (χ1n) is 40.7. The highest BCUT2D eigenvalue weighted by Gasteiger charge is 2.44. The molecule has 0 radical (unpaired) electrons. The molecule has 0 aliphatic carbocycles. The van der Waals surface area contributed by atoms with Gasteiger partial charge in [-0.2, -0.15) is 0 Å². The van der Waals surface area contributed by atoms with Crippen molar-refractivity contribution in [1.82, 2.24) is 5.32 Å². The molecule has 1 rings (SSSR count). The van der Waals surface area contributed by atoms with Gasteiger partial charge in [-0.05, 0) is 44.9 Å². The average molecular weight is 1310 g/mol. The third-order valence-electron chi connectivity index (χ3n) is 20.0. The van der Waals surface area contributed by atoms with E-state index in [-0.39, 0.29) is 6.42 Å². The van der Waals surface area contributed by atoms with E-state index in [9.17, 15) is 40.5 Å². The fourth-order valence-electron chi connectivity index (χ4n) is 13.5. The minimum atomic E-state index is -1.66. The number of hydrogen-bond acceptors (Lipinski definition) is 10. The smallest absolute Gasteiger partial charge is 0.249 e. The summed E-state index contributed by atoms with van der Waals surface area (Å²) in [6.45, 7) is 3.54. The highest BCUT2D eigenvalue weighted by molar-refractivity contribution is 5.80. The topological polar surface area (TPSA) is 189 Å². The molecular formula is C81H157NO10. The highest BCUT2D eigenvalue weighted by Crippen LogP contribution is 2.25. The molecule has 9 unspecified atom stereocenters. The molecule has 546 valence electrons. The van der Waals surface area contributed by atoms with Gasteiger partial charge in [0.25, 0.3) is 0 Å². The molecule has 9 atom stereocenters. The second kappa shape index (κ2) is 69.5. The van der Waals surface area contributed by atoms with E-state index in [0.717, 1.165) is 44.9 Å². The number of ether oxygens (including phenoxy) is 2. The van der Waals surface area contributed by atoms with Crippen molar-refractivity contribution < 1.29 is 50.0 Å². The Hall–Kier alpha value is -1.41. The number of unbranched alkanes of at least 4 members (excludes halogenated alkanes) is 57. The lowest BCUT2D eigenvalue weighted by atomic mass is 9.98.